The Morgan fingerprint density at radius 3 is 2.05 bits per heavy atom. The van der Waals surface area contributed by atoms with E-state index in [9.17, 15) is 0 Å². The molecule has 1 aliphatic heterocycles. The number of methoxy groups -OCH3 is 1. The van der Waals surface area contributed by atoms with Crippen LogP contribution in [0.25, 0.3) is 0 Å². The molecule has 0 atom stereocenters. The van der Waals surface area contributed by atoms with Crippen molar-refractivity contribution in [3.05, 3.63) is 59.8 Å². The van der Waals surface area contributed by atoms with Crippen molar-refractivity contribution < 1.29 is 4.74 Å². The van der Waals surface area contributed by atoms with E-state index >= 15 is 0 Å². The molecule has 22 heavy (non-hydrogen) atoms. The summed E-state index contributed by atoms with van der Waals surface area (Å²) >= 11 is 0. The number of benzene rings is 1. The van der Waals surface area contributed by atoms with Gasteiger partial charge < -0.3 is 4.74 Å². The van der Waals surface area contributed by atoms with Gasteiger partial charge in [0.1, 0.15) is 0 Å². The number of ether oxygens (including phenoxy) is 1. The van der Waals surface area contributed by atoms with E-state index < -0.39 is 0 Å². The largest absolute Gasteiger partial charge is 0.481 e. The molecule has 1 saturated heterocycles. The summed E-state index contributed by atoms with van der Waals surface area (Å²) in [4.78, 5) is 9.29. The second-order valence-electron chi connectivity index (χ2n) is 5.75. The van der Waals surface area contributed by atoms with Crippen LogP contribution in [-0.4, -0.2) is 48.1 Å². The zero-order valence-corrected chi connectivity index (χ0v) is 13.1. The molecular weight excluding hydrogens is 274 g/mol. The highest BCUT2D eigenvalue weighted by molar-refractivity contribution is 5.18. The van der Waals surface area contributed by atoms with Gasteiger partial charge in [0.25, 0.3) is 0 Å². The molecule has 0 radical (unpaired) electrons. The van der Waals surface area contributed by atoms with Crippen LogP contribution in [0.2, 0.25) is 0 Å². The Balaban J connectivity index is 1.47. The Bertz CT molecular complexity index is 563. The number of hydrogen-bond donors (Lipinski definition) is 0. The number of pyridine rings is 1. The van der Waals surface area contributed by atoms with Crippen LogP contribution >= 0.6 is 0 Å². The first-order valence-electron chi connectivity index (χ1n) is 7.81. The molecule has 0 bridgehead atoms. The third kappa shape index (κ3) is 4.06. The van der Waals surface area contributed by atoms with Crippen LogP contribution in [0.5, 0.6) is 5.88 Å². The van der Waals surface area contributed by atoms with Gasteiger partial charge in [-0.25, -0.2) is 4.98 Å². The van der Waals surface area contributed by atoms with Crippen LogP contribution in [0, 0.1) is 0 Å². The standard InChI is InChI=1S/C18H23N3O/c1-22-18-8-7-17(13-19-18)15-21-11-9-20(10-12-21)14-16-5-3-2-4-6-16/h2-8,13H,9-12,14-15H2,1H3. The number of aromatic nitrogens is 1. The van der Waals surface area contributed by atoms with E-state index in [0.717, 1.165) is 39.3 Å². The second-order valence-corrected chi connectivity index (χ2v) is 5.75. The maximum Gasteiger partial charge on any atom is 0.212 e. The zero-order valence-electron chi connectivity index (χ0n) is 13.1. The summed E-state index contributed by atoms with van der Waals surface area (Å²) in [5, 5.41) is 0. The van der Waals surface area contributed by atoms with Crippen molar-refractivity contribution in [3.8, 4) is 5.88 Å². The lowest BCUT2D eigenvalue weighted by atomic mass is 10.2. The fourth-order valence-electron chi connectivity index (χ4n) is 2.83. The van der Waals surface area contributed by atoms with E-state index in [2.05, 4.69) is 51.2 Å². The predicted octanol–water partition coefficient (Wildman–Crippen LogP) is 2.41. The molecule has 0 amide bonds. The minimum absolute atomic E-state index is 0.677. The van der Waals surface area contributed by atoms with E-state index in [4.69, 9.17) is 4.74 Å². The Morgan fingerprint density at radius 2 is 1.50 bits per heavy atom. The minimum atomic E-state index is 0.677. The van der Waals surface area contributed by atoms with Crippen LogP contribution in [-0.2, 0) is 13.1 Å². The predicted molar refractivity (Wildman–Crippen MR) is 87.8 cm³/mol. The molecule has 116 valence electrons. The Hall–Kier alpha value is -1.91. The molecule has 0 aliphatic carbocycles. The summed E-state index contributed by atoms with van der Waals surface area (Å²) < 4.78 is 5.10. The van der Waals surface area contributed by atoms with Gasteiger partial charge in [-0.1, -0.05) is 36.4 Å². The summed E-state index contributed by atoms with van der Waals surface area (Å²) in [5.41, 5.74) is 2.65. The summed E-state index contributed by atoms with van der Waals surface area (Å²) in [6, 6.07) is 14.7. The average Bonchev–Trinajstić information content (AvgIpc) is 2.58. The van der Waals surface area contributed by atoms with Crippen LogP contribution in [0.4, 0.5) is 0 Å². The van der Waals surface area contributed by atoms with Crippen molar-refractivity contribution in [2.24, 2.45) is 0 Å². The summed E-state index contributed by atoms with van der Waals surface area (Å²) in [5.74, 6) is 0.677. The monoisotopic (exact) mass is 297 g/mol. The molecule has 1 aromatic carbocycles. The zero-order chi connectivity index (χ0) is 15.2. The second kappa shape index (κ2) is 7.38. The van der Waals surface area contributed by atoms with Gasteiger partial charge in [0.15, 0.2) is 0 Å². The van der Waals surface area contributed by atoms with Gasteiger partial charge in [0.05, 0.1) is 7.11 Å². The van der Waals surface area contributed by atoms with E-state index in [0.29, 0.717) is 5.88 Å². The maximum absolute atomic E-state index is 5.10. The van der Waals surface area contributed by atoms with Gasteiger partial charge >= 0.3 is 0 Å². The number of piperazine rings is 1. The minimum Gasteiger partial charge on any atom is -0.481 e. The summed E-state index contributed by atoms with van der Waals surface area (Å²) in [6.07, 6.45) is 1.91. The smallest absolute Gasteiger partial charge is 0.212 e. The highest BCUT2D eigenvalue weighted by Crippen LogP contribution is 2.12. The fraction of sp³-hybridized carbons (Fsp3) is 0.389. The van der Waals surface area contributed by atoms with Crippen molar-refractivity contribution in [1.29, 1.82) is 0 Å². The molecule has 4 heteroatoms. The van der Waals surface area contributed by atoms with Crippen molar-refractivity contribution >= 4 is 0 Å². The number of rotatable bonds is 5. The topological polar surface area (TPSA) is 28.6 Å². The molecule has 0 unspecified atom stereocenters. The van der Waals surface area contributed by atoms with Gasteiger partial charge in [0.2, 0.25) is 5.88 Å². The van der Waals surface area contributed by atoms with Gasteiger partial charge in [0, 0.05) is 51.5 Å². The first kappa shape index (κ1) is 15.0. The van der Waals surface area contributed by atoms with Crippen LogP contribution in [0.1, 0.15) is 11.1 Å². The molecule has 0 N–H and O–H groups in total. The normalized spacial score (nSPS) is 16.6. The van der Waals surface area contributed by atoms with Gasteiger partial charge in [-0.05, 0) is 11.1 Å². The Morgan fingerprint density at radius 1 is 0.864 bits per heavy atom. The molecule has 1 aliphatic rings. The van der Waals surface area contributed by atoms with E-state index in [-0.39, 0.29) is 0 Å². The third-order valence-electron chi connectivity index (χ3n) is 4.13. The molecule has 4 nitrogen and oxygen atoms in total. The fourth-order valence-corrected chi connectivity index (χ4v) is 2.83. The Kier molecular flexibility index (Phi) is 5.03. The van der Waals surface area contributed by atoms with Crippen molar-refractivity contribution in [2.45, 2.75) is 13.1 Å². The van der Waals surface area contributed by atoms with Gasteiger partial charge in [-0.2, -0.15) is 0 Å². The molecule has 2 heterocycles. The van der Waals surface area contributed by atoms with E-state index in [1.165, 1.54) is 11.1 Å². The first-order chi connectivity index (χ1) is 10.8. The molecule has 1 aromatic heterocycles. The molecule has 1 fully saturated rings. The third-order valence-corrected chi connectivity index (χ3v) is 4.13. The number of hydrogen-bond acceptors (Lipinski definition) is 4. The van der Waals surface area contributed by atoms with Crippen molar-refractivity contribution in [1.82, 2.24) is 14.8 Å². The molecule has 2 aromatic rings. The lowest BCUT2D eigenvalue weighted by Gasteiger charge is -2.34. The number of nitrogens with zero attached hydrogens (tertiary/aromatic N) is 3. The van der Waals surface area contributed by atoms with E-state index in [1.807, 2.05) is 12.3 Å². The quantitative estimate of drug-likeness (QED) is 0.847. The highest BCUT2D eigenvalue weighted by Gasteiger charge is 2.17. The summed E-state index contributed by atoms with van der Waals surface area (Å²) in [6.45, 7) is 6.49. The van der Waals surface area contributed by atoms with Gasteiger partial charge in [-0.15, -0.1) is 0 Å². The van der Waals surface area contributed by atoms with Crippen LogP contribution < -0.4 is 4.74 Å². The van der Waals surface area contributed by atoms with Crippen molar-refractivity contribution in [3.63, 3.8) is 0 Å². The van der Waals surface area contributed by atoms with Crippen LogP contribution in [0.3, 0.4) is 0 Å². The molecule has 3 rings (SSSR count). The Labute approximate surface area is 132 Å². The lowest BCUT2D eigenvalue weighted by molar-refractivity contribution is 0.122. The summed E-state index contributed by atoms with van der Waals surface area (Å²) in [7, 11) is 1.65. The van der Waals surface area contributed by atoms with Crippen LogP contribution in [0.15, 0.2) is 48.7 Å². The average molecular weight is 297 g/mol. The first-order valence-corrected chi connectivity index (χ1v) is 7.81. The molecule has 0 saturated carbocycles. The SMILES string of the molecule is COc1ccc(CN2CCN(Cc3ccccc3)CC2)cn1. The molecular formula is C18H23N3O. The van der Waals surface area contributed by atoms with Gasteiger partial charge in [-0.3, -0.25) is 9.80 Å². The van der Waals surface area contributed by atoms with Crippen molar-refractivity contribution in [2.75, 3.05) is 33.3 Å². The van der Waals surface area contributed by atoms with E-state index in [1.54, 1.807) is 7.11 Å². The lowest BCUT2D eigenvalue weighted by Crippen LogP contribution is -2.45. The highest BCUT2D eigenvalue weighted by atomic mass is 16.5. The molecule has 0 spiro atoms. The maximum atomic E-state index is 5.10.